The van der Waals surface area contributed by atoms with E-state index in [0.29, 0.717) is 11.4 Å². The highest BCUT2D eigenvalue weighted by molar-refractivity contribution is 5.88. The maximum atomic E-state index is 10.8. The average Bonchev–Trinajstić information content (AvgIpc) is 3.06. The smallest absolute Gasteiger partial charge is 0.238 e. The molecule has 0 aliphatic carbocycles. The van der Waals surface area contributed by atoms with Crippen molar-refractivity contribution in [1.82, 2.24) is 9.78 Å². The molecule has 3 aromatic carbocycles. The molecule has 4 heteroatoms. The monoisotopic (exact) mass is 311 g/mol. The van der Waals surface area contributed by atoms with Gasteiger partial charge >= 0.3 is 0 Å². The lowest BCUT2D eigenvalue weighted by molar-refractivity contribution is 0.565. The molecular weight excluding hydrogens is 298 g/mol. The third-order valence-corrected chi connectivity index (χ3v) is 3.90. The van der Waals surface area contributed by atoms with Crippen LogP contribution in [-0.4, -0.2) is 15.9 Å². The molecule has 0 fully saturated rings. The summed E-state index contributed by atoms with van der Waals surface area (Å²) in [5, 5.41) is 6.89. The molecule has 0 bridgehead atoms. The molecule has 4 aromatic rings. The van der Waals surface area contributed by atoms with Crippen molar-refractivity contribution in [3.05, 3.63) is 79.0 Å². The van der Waals surface area contributed by atoms with Gasteiger partial charge in [0.25, 0.3) is 0 Å². The van der Waals surface area contributed by atoms with E-state index in [1.54, 1.807) is 17.0 Å². The van der Waals surface area contributed by atoms with Crippen molar-refractivity contribution in [2.45, 2.75) is 0 Å². The summed E-state index contributed by atoms with van der Waals surface area (Å²) in [6, 6.07) is 23.9. The number of hydrogen-bond acceptors (Lipinski definition) is 3. The molecule has 0 atom stereocenters. The highest BCUT2D eigenvalue weighted by Gasteiger charge is 2.12. The van der Waals surface area contributed by atoms with Gasteiger partial charge < -0.3 is 0 Å². The second kappa shape index (κ2) is 5.95. The maximum Gasteiger partial charge on any atom is 0.240 e. The fraction of sp³-hybridized carbons (Fsp3) is 0. The summed E-state index contributed by atoms with van der Waals surface area (Å²) in [4.78, 5) is 14.6. The third-order valence-electron chi connectivity index (χ3n) is 3.90. The van der Waals surface area contributed by atoms with Crippen LogP contribution in [0.3, 0.4) is 0 Å². The van der Waals surface area contributed by atoms with E-state index in [9.17, 15) is 4.79 Å². The predicted octanol–water partition coefficient (Wildman–Crippen LogP) is 4.66. The van der Waals surface area contributed by atoms with Crippen LogP contribution in [0.5, 0.6) is 0 Å². The standard InChI is InChI=1S/C20H13N3O/c24-14-21-19-13-23(18-8-2-1-3-9-18)22-20(19)17-11-10-15-6-4-5-7-16(15)12-17/h1-13H. The molecule has 0 spiro atoms. The number of hydrogen-bond donors (Lipinski definition) is 0. The van der Waals surface area contributed by atoms with Crippen molar-refractivity contribution in [2.75, 3.05) is 0 Å². The zero-order valence-electron chi connectivity index (χ0n) is 12.8. The molecule has 0 N–H and O–H groups in total. The lowest BCUT2D eigenvalue weighted by Crippen LogP contribution is -1.94. The van der Waals surface area contributed by atoms with Crippen LogP contribution < -0.4 is 0 Å². The molecule has 4 rings (SSSR count). The fourth-order valence-corrected chi connectivity index (χ4v) is 2.75. The number of aliphatic imine (C=N–C) groups is 1. The zero-order chi connectivity index (χ0) is 16.4. The van der Waals surface area contributed by atoms with Crippen molar-refractivity contribution < 1.29 is 4.79 Å². The summed E-state index contributed by atoms with van der Waals surface area (Å²) in [5.41, 5.74) is 2.99. The van der Waals surface area contributed by atoms with E-state index >= 15 is 0 Å². The summed E-state index contributed by atoms with van der Waals surface area (Å²) in [5.74, 6) is 0. The zero-order valence-corrected chi connectivity index (χ0v) is 12.8. The van der Waals surface area contributed by atoms with E-state index in [0.717, 1.165) is 22.0 Å². The Kier molecular flexibility index (Phi) is 3.50. The van der Waals surface area contributed by atoms with Gasteiger partial charge in [0.15, 0.2) is 0 Å². The quantitative estimate of drug-likeness (QED) is 0.408. The molecule has 0 unspecified atom stereocenters. The SMILES string of the molecule is O=C=Nc1cn(-c2ccccc2)nc1-c1ccc2ccccc2c1. The first kappa shape index (κ1) is 14.1. The Labute approximate surface area is 138 Å². The third kappa shape index (κ3) is 2.51. The minimum atomic E-state index is 0.504. The van der Waals surface area contributed by atoms with Gasteiger partial charge in [-0.15, -0.1) is 0 Å². The Balaban J connectivity index is 1.89. The molecular formula is C20H13N3O. The van der Waals surface area contributed by atoms with Crippen LogP contribution in [0.15, 0.2) is 84.0 Å². The van der Waals surface area contributed by atoms with Crippen molar-refractivity contribution >= 4 is 22.5 Å². The minimum Gasteiger partial charge on any atom is -0.238 e. The summed E-state index contributed by atoms with van der Waals surface area (Å²) in [6.45, 7) is 0. The second-order valence-corrected chi connectivity index (χ2v) is 5.41. The maximum absolute atomic E-state index is 10.8. The molecule has 1 heterocycles. The first-order valence-corrected chi connectivity index (χ1v) is 7.57. The lowest BCUT2D eigenvalue weighted by atomic mass is 10.0. The van der Waals surface area contributed by atoms with E-state index < -0.39 is 0 Å². The number of fused-ring (bicyclic) bond motifs is 1. The van der Waals surface area contributed by atoms with Crippen LogP contribution in [0.4, 0.5) is 5.69 Å². The molecule has 0 aliphatic heterocycles. The number of aromatic nitrogens is 2. The molecule has 1 aromatic heterocycles. The van der Waals surface area contributed by atoms with Gasteiger partial charge in [0, 0.05) is 5.56 Å². The number of nitrogens with zero attached hydrogens (tertiary/aromatic N) is 3. The van der Waals surface area contributed by atoms with Crippen LogP contribution in [-0.2, 0) is 4.79 Å². The summed E-state index contributed by atoms with van der Waals surface area (Å²) < 4.78 is 1.72. The highest BCUT2D eigenvalue weighted by Crippen LogP contribution is 2.31. The van der Waals surface area contributed by atoms with Crippen LogP contribution in [0.25, 0.3) is 27.7 Å². The number of benzene rings is 3. The Morgan fingerprint density at radius 2 is 1.62 bits per heavy atom. The molecule has 4 nitrogen and oxygen atoms in total. The number of carbonyl (C=O) groups excluding carboxylic acids is 1. The van der Waals surface area contributed by atoms with Crippen LogP contribution in [0.2, 0.25) is 0 Å². The van der Waals surface area contributed by atoms with Crippen LogP contribution in [0.1, 0.15) is 0 Å². The fourth-order valence-electron chi connectivity index (χ4n) is 2.75. The van der Waals surface area contributed by atoms with E-state index in [4.69, 9.17) is 0 Å². The minimum absolute atomic E-state index is 0.504. The van der Waals surface area contributed by atoms with E-state index in [1.165, 1.54) is 0 Å². The summed E-state index contributed by atoms with van der Waals surface area (Å²) in [7, 11) is 0. The number of para-hydroxylation sites is 1. The second-order valence-electron chi connectivity index (χ2n) is 5.41. The number of rotatable bonds is 3. The first-order valence-electron chi connectivity index (χ1n) is 7.57. The summed E-state index contributed by atoms with van der Waals surface area (Å²) >= 11 is 0. The van der Waals surface area contributed by atoms with Gasteiger partial charge in [-0.05, 0) is 29.0 Å². The summed E-state index contributed by atoms with van der Waals surface area (Å²) in [6.07, 6.45) is 3.36. The molecule has 114 valence electrons. The first-order chi connectivity index (χ1) is 11.8. The number of isocyanates is 1. The molecule has 0 saturated heterocycles. The largest absolute Gasteiger partial charge is 0.240 e. The molecule has 24 heavy (non-hydrogen) atoms. The Hall–Kier alpha value is -3.49. The van der Waals surface area contributed by atoms with E-state index in [-0.39, 0.29) is 0 Å². The van der Waals surface area contributed by atoms with Gasteiger partial charge in [-0.1, -0.05) is 54.6 Å². The Bertz CT molecular complexity index is 1060. The normalized spacial score (nSPS) is 10.5. The highest BCUT2D eigenvalue weighted by atomic mass is 16.1. The molecule has 0 saturated carbocycles. The van der Waals surface area contributed by atoms with Crippen molar-refractivity contribution in [2.24, 2.45) is 4.99 Å². The van der Waals surface area contributed by atoms with Gasteiger partial charge in [0.2, 0.25) is 6.08 Å². The molecule has 0 aliphatic rings. The van der Waals surface area contributed by atoms with Crippen molar-refractivity contribution in [3.63, 3.8) is 0 Å². The van der Waals surface area contributed by atoms with E-state index in [1.807, 2.05) is 54.6 Å². The topological polar surface area (TPSA) is 47.2 Å². The lowest BCUT2D eigenvalue weighted by Gasteiger charge is -2.02. The van der Waals surface area contributed by atoms with Gasteiger partial charge in [0.1, 0.15) is 11.4 Å². The predicted molar refractivity (Wildman–Crippen MR) is 94.3 cm³/mol. The Morgan fingerprint density at radius 3 is 2.42 bits per heavy atom. The van der Waals surface area contributed by atoms with Gasteiger partial charge in [-0.25, -0.2) is 9.48 Å². The van der Waals surface area contributed by atoms with Gasteiger partial charge in [-0.3, -0.25) is 0 Å². The van der Waals surface area contributed by atoms with Gasteiger partial charge in [-0.2, -0.15) is 10.1 Å². The van der Waals surface area contributed by atoms with E-state index in [2.05, 4.69) is 28.3 Å². The van der Waals surface area contributed by atoms with Crippen LogP contribution >= 0.6 is 0 Å². The van der Waals surface area contributed by atoms with Crippen LogP contribution in [0, 0.1) is 0 Å². The van der Waals surface area contributed by atoms with Crippen molar-refractivity contribution in [1.29, 1.82) is 0 Å². The average molecular weight is 311 g/mol. The van der Waals surface area contributed by atoms with Crippen molar-refractivity contribution in [3.8, 4) is 16.9 Å². The molecule has 0 amide bonds. The Morgan fingerprint density at radius 1 is 0.875 bits per heavy atom. The van der Waals surface area contributed by atoms with Gasteiger partial charge in [0.05, 0.1) is 11.9 Å². The molecule has 0 radical (unpaired) electrons.